The molecule has 0 saturated heterocycles. The molecule has 1 unspecified atom stereocenters. The first-order valence-electron chi connectivity index (χ1n) is 5.69. The van der Waals surface area contributed by atoms with Gasteiger partial charge in [-0.15, -0.1) is 0 Å². The van der Waals surface area contributed by atoms with Crippen molar-refractivity contribution in [2.45, 2.75) is 19.9 Å². The predicted molar refractivity (Wildman–Crippen MR) is 74.9 cm³/mol. The molecule has 3 nitrogen and oxygen atoms in total. The Bertz CT molecular complexity index is 563. The lowest BCUT2D eigenvalue weighted by Gasteiger charge is -2.17. The number of methoxy groups -OCH3 is 1. The van der Waals surface area contributed by atoms with E-state index in [0.29, 0.717) is 10.4 Å². The summed E-state index contributed by atoms with van der Waals surface area (Å²) in [6.45, 7) is 4.08. The summed E-state index contributed by atoms with van der Waals surface area (Å²) < 4.78 is 11.7. The van der Waals surface area contributed by atoms with Crippen LogP contribution in [0.2, 0.25) is 0 Å². The third-order valence-corrected chi connectivity index (χ3v) is 3.57. The van der Waals surface area contributed by atoms with E-state index in [9.17, 15) is 0 Å². The molecule has 0 aliphatic rings. The van der Waals surface area contributed by atoms with Crippen molar-refractivity contribution >= 4 is 15.9 Å². The Hall–Kier alpha value is -1.26. The third-order valence-electron chi connectivity index (χ3n) is 3.15. The molecular weight excluding hydrogens is 294 g/mol. The van der Waals surface area contributed by atoms with E-state index in [-0.39, 0.29) is 6.04 Å². The van der Waals surface area contributed by atoms with Gasteiger partial charge in [0, 0.05) is 5.56 Å². The number of benzene rings is 1. The van der Waals surface area contributed by atoms with Crippen molar-refractivity contribution < 1.29 is 9.15 Å². The average Bonchev–Trinajstić information content (AvgIpc) is 2.78. The van der Waals surface area contributed by atoms with Crippen LogP contribution >= 0.6 is 15.9 Å². The van der Waals surface area contributed by atoms with Crippen molar-refractivity contribution in [3.63, 3.8) is 0 Å². The van der Waals surface area contributed by atoms with E-state index in [4.69, 9.17) is 14.9 Å². The number of aryl methyl sites for hydroxylation is 1. The zero-order valence-corrected chi connectivity index (χ0v) is 12.2. The van der Waals surface area contributed by atoms with Gasteiger partial charge in [0.2, 0.25) is 0 Å². The van der Waals surface area contributed by atoms with Gasteiger partial charge in [-0.05, 0) is 53.0 Å². The molecule has 0 aliphatic carbocycles. The zero-order valence-electron chi connectivity index (χ0n) is 10.7. The SMILES string of the molecule is COc1c(C(N)c2ccc(Br)o2)ccc(C)c1C. The third kappa shape index (κ3) is 2.31. The molecule has 0 aliphatic heterocycles. The van der Waals surface area contributed by atoms with E-state index < -0.39 is 0 Å². The number of hydrogen-bond donors (Lipinski definition) is 1. The molecule has 2 N–H and O–H groups in total. The largest absolute Gasteiger partial charge is 0.496 e. The van der Waals surface area contributed by atoms with E-state index in [0.717, 1.165) is 16.9 Å². The molecule has 0 spiro atoms. The second-order valence-electron chi connectivity index (χ2n) is 4.25. The lowest BCUT2D eigenvalue weighted by Crippen LogP contribution is -2.13. The molecule has 0 radical (unpaired) electrons. The highest BCUT2D eigenvalue weighted by Gasteiger charge is 2.19. The van der Waals surface area contributed by atoms with Gasteiger partial charge in [-0.25, -0.2) is 0 Å². The summed E-state index contributed by atoms with van der Waals surface area (Å²) in [6.07, 6.45) is 0. The van der Waals surface area contributed by atoms with E-state index in [1.807, 2.05) is 31.2 Å². The molecule has 1 aromatic heterocycles. The molecule has 0 bridgehead atoms. The zero-order chi connectivity index (χ0) is 13.3. The molecule has 96 valence electrons. The summed E-state index contributed by atoms with van der Waals surface area (Å²) in [5.74, 6) is 1.54. The number of hydrogen-bond acceptors (Lipinski definition) is 3. The molecule has 0 saturated carbocycles. The summed E-state index contributed by atoms with van der Waals surface area (Å²) in [5, 5.41) is 0. The van der Waals surface area contributed by atoms with E-state index in [2.05, 4.69) is 22.9 Å². The number of ether oxygens (including phenoxy) is 1. The molecule has 1 heterocycles. The van der Waals surface area contributed by atoms with Crippen LogP contribution in [0.25, 0.3) is 0 Å². The van der Waals surface area contributed by atoms with Crippen LogP contribution in [0.3, 0.4) is 0 Å². The standard InChI is InChI=1S/C14H16BrNO2/c1-8-4-5-10(14(17-3)9(8)2)13(16)11-6-7-12(15)18-11/h4-7,13H,16H2,1-3H3. The summed E-state index contributed by atoms with van der Waals surface area (Å²) in [5.41, 5.74) is 9.45. The first kappa shape index (κ1) is 13.2. The summed E-state index contributed by atoms with van der Waals surface area (Å²) in [6, 6.07) is 7.41. The van der Waals surface area contributed by atoms with Crippen LogP contribution in [0.5, 0.6) is 5.75 Å². The quantitative estimate of drug-likeness (QED) is 0.940. The first-order chi connectivity index (χ1) is 8.54. The molecule has 18 heavy (non-hydrogen) atoms. The predicted octanol–water partition coefficient (Wildman–Crippen LogP) is 3.72. The maximum absolute atomic E-state index is 6.23. The Morgan fingerprint density at radius 2 is 1.94 bits per heavy atom. The lowest BCUT2D eigenvalue weighted by molar-refractivity contribution is 0.398. The second-order valence-corrected chi connectivity index (χ2v) is 5.03. The highest BCUT2D eigenvalue weighted by molar-refractivity contribution is 9.10. The van der Waals surface area contributed by atoms with Crippen molar-refractivity contribution in [3.8, 4) is 5.75 Å². The summed E-state index contributed by atoms with van der Waals surface area (Å²) >= 11 is 3.28. The minimum Gasteiger partial charge on any atom is -0.496 e. The maximum atomic E-state index is 6.23. The van der Waals surface area contributed by atoms with Gasteiger partial charge in [-0.1, -0.05) is 12.1 Å². The van der Waals surface area contributed by atoms with Crippen molar-refractivity contribution in [2.24, 2.45) is 5.73 Å². The van der Waals surface area contributed by atoms with Crippen molar-refractivity contribution in [1.82, 2.24) is 0 Å². The van der Waals surface area contributed by atoms with Gasteiger partial charge in [0.05, 0.1) is 13.2 Å². The topological polar surface area (TPSA) is 48.4 Å². The Kier molecular flexibility index (Phi) is 3.78. The monoisotopic (exact) mass is 309 g/mol. The molecule has 2 aromatic rings. The highest BCUT2D eigenvalue weighted by atomic mass is 79.9. The fourth-order valence-electron chi connectivity index (χ4n) is 1.98. The van der Waals surface area contributed by atoms with Crippen molar-refractivity contribution in [3.05, 3.63) is 51.4 Å². The molecule has 4 heteroatoms. The minimum atomic E-state index is -0.328. The molecule has 0 amide bonds. The van der Waals surface area contributed by atoms with Crippen LogP contribution in [0.4, 0.5) is 0 Å². The molecule has 1 aromatic carbocycles. The van der Waals surface area contributed by atoms with Crippen molar-refractivity contribution in [1.29, 1.82) is 0 Å². The summed E-state index contributed by atoms with van der Waals surface area (Å²) in [4.78, 5) is 0. The Morgan fingerprint density at radius 1 is 1.22 bits per heavy atom. The first-order valence-corrected chi connectivity index (χ1v) is 6.48. The van der Waals surface area contributed by atoms with Crippen LogP contribution < -0.4 is 10.5 Å². The smallest absolute Gasteiger partial charge is 0.169 e. The van der Waals surface area contributed by atoms with Gasteiger partial charge in [-0.2, -0.15) is 0 Å². The normalized spacial score (nSPS) is 12.5. The van der Waals surface area contributed by atoms with Gasteiger partial charge >= 0.3 is 0 Å². The van der Waals surface area contributed by atoms with Gasteiger partial charge in [0.25, 0.3) is 0 Å². The van der Waals surface area contributed by atoms with Crippen LogP contribution in [-0.4, -0.2) is 7.11 Å². The minimum absolute atomic E-state index is 0.328. The number of nitrogens with two attached hydrogens (primary N) is 1. The maximum Gasteiger partial charge on any atom is 0.169 e. The molecule has 1 atom stereocenters. The summed E-state index contributed by atoms with van der Waals surface area (Å²) in [7, 11) is 1.66. The van der Waals surface area contributed by atoms with Crippen LogP contribution in [0.1, 0.15) is 28.5 Å². The fraction of sp³-hybridized carbons (Fsp3) is 0.286. The average molecular weight is 310 g/mol. The van der Waals surface area contributed by atoms with E-state index >= 15 is 0 Å². The number of halogens is 1. The van der Waals surface area contributed by atoms with Gasteiger partial charge < -0.3 is 14.9 Å². The van der Waals surface area contributed by atoms with Crippen LogP contribution in [0, 0.1) is 13.8 Å². The highest BCUT2D eigenvalue weighted by Crippen LogP contribution is 2.33. The van der Waals surface area contributed by atoms with Gasteiger partial charge in [0.15, 0.2) is 4.67 Å². The number of rotatable bonds is 3. The second kappa shape index (κ2) is 5.16. The number of furan rings is 1. The Morgan fingerprint density at radius 3 is 2.50 bits per heavy atom. The van der Waals surface area contributed by atoms with E-state index in [1.54, 1.807) is 7.11 Å². The van der Waals surface area contributed by atoms with Gasteiger partial charge in [0.1, 0.15) is 11.5 Å². The fourth-order valence-corrected chi connectivity index (χ4v) is 2.29. The molecule has 0 fully saturated rings. The Labute approximate surface area is 115 Å². The van der Waals surface area contributed by atoms with Gasteiger partial charge in [-0.3, -0.25) is 0 Å². The molecule has 2 rings (SSSR count). The Balaban J connectivity index is 2.48. The van der Waals surface area contributed by atoms with E-state index in [1.165, 1.54) is 5.56 Å². The molecular formula is C14H16BrNO2. The van der Waals surface area contributed by atoms with Crippen LogP contribution in [0.15, 0.2) is 33.4 Å². The van der Waals surface area contributed by atoms with Crippen LogP contribution in [-0.2, 0) is 0 Å². The van der Waals surface area contributed by atoms with Crippen molar-refractivity contribution in [2.75, 3.05) is 7.11 Å². The lowest BCUT2D eigenvalue weighted by atomic mass is 9.98.